The number of nitrogens with zero attached hydrogens (tertiary/aromatic N) is 3. The molecule has 6 heteroatoms. The Morgan fingerprint density at radius 1 is 1.10 bits per heavy atom. The van der Waals surface area contributed by atoms with Gasteiger partial charge in [0.25, 0.3) is 0 Å². The summed E-state index contributed by atoms with van der Waals surface area (Å²) >= 11 is 0. The van der Waals surface area contributed by atoms with E-state index in [9.17, 15) is 9.90 Å². The average molecular weight is 405 g/mol. The molecule has 0 atom stereocenters. The number of rotatable bonds is 6. The zero-order chi connectivity index (χ0) is 21.0. The maximum absolute atomic E-state index is 12.3. The van der Waals surface area contributed by atoms with Crippen LogP contribution in [0.15, 0.2) is 67.0 Å². The molecule has 1 fully saturated rings. The summed E-state index contributed by atoms with van der Waals surface area (Å²) in [5.41, 5.74) is 2.07. The Balaban J connectivity index is 1.66. The summed E-state index contributed by atoms with van der Waals surface area (Å²) in [5, 5.41) is 9.58. The third kappa shape index (κ3) is 3.96. The number of hydrogen-bond donors (Lipinski definition) is 1. The Bertz CT molecular complexity index is 974. The highest BCUT2D eigenvalue weighted by Crippen LogP contribution is 2.41. The molecule has 0 unspecified atom stereocenters. The molecule has 0 bridgehead atoms. The number of methoxy groups -OCH3 is 1. The maximum atomic E-state index is 12.3. The number of piperidine rings is 1. The largest absolute Gasteiger partial charge is 0.508 e. The number of phenolic OH excluding ortho intramolecular Hbond substituents is 1. The van der Waals surface area contributed by atoms with E-state index in [0.29, 0.717) is 19.6 Å². The first kappa shape index (κ1) is 20.2. The van der Waals surface area contributed by atoms with Crippen LogP contribution in [0, 0.1) is 0 Å². The lowest BCUT2D eigenvalue weighted by Crippen LogP contribution is -2.47. The van der Waals surface area contributed by atoms with Gasteiger partial charge in [-0.05, 0) is 36.1 Å². The van der Waals surface area contributed by atoms with Crippen LogP contribution in [0.2, 0.25) is 0 Å². The SMILES string of the molecule is COCC(=O)N1CCC(c2ccccc2)(c2nccn2Cc2ccc(O)cc2)CC1. The van der Waals surface area contributed by atoms with Gasteiger partial charge in [-0.15, -0.1) is 0 Å². The van der Waals surface area contributed by atoms with Crippen LogP contribution in [0.3, 0.4) is 0 Å². The van der Waals surface area contributed by atoms with Gasteiger partial charge in [-0.2, -0.15) is 0 Å². The van der Waals surface area contributed by atoms with Crippen LogP contribution in [0.4, 0.5) is 0 Å². The molecule has 1 saturated heterocycles. The lowest BCUT2D eigenvalue weighted by molar-refractivity contribution is -0.136. The predicted octanol–water partition coefficient (Wildman–Crippen LogP) is 3.19. The van der Waals surface area contributed by atoms with Crippen LogP contribution >= 0.6 is 0 Å². The molecule has 2 heterocycles. The van der Waals surface area contributed by atoms with Crippen molar-refractivity contribution in [2.75, 3.05) is 26.8 Å². The second-order valence-corrected chi connectivity index (χ2v) is 7.81. The zero-order valence-corrected chi connectivity index (χ0v) is 17.2. The number of aromatic hydroxyl groups is 1. The Hall–Kier alpha value is -3.12. The number of benzene rings is 2. The second-order valence-electron chi connectivity index (χ2n) is 7.81. The zero-order valence-electron chi connectivity index (χ0n) is 17.2. The van der Waals surface area contributed by atoms with Crippen molar-refractivity contribution in [1.82, 2.24) is 14.5 Å². The van der Waals surface area contributed by atoms with Crippen LogP contribution in [0.5, 0.6) is 5.75 Å². The van der Waals surface area contributed by atoms with Gasteiger partial charge in [-0.1, -0.05) is 42.5 Å². The first-order valence-corrected chi connectivity index (χ1v) is 10.2. The third-order valence-electron chi connectivity index (χ3n) is 6.00. The minimum atomic E-state index is -0.258. The topological polar surface area (TPSA) is 67.6 Å². The number of carbonyl (C=O) groups is 1. The van der Waals surface area contributed by atoms with Gasteiger partial charge in [-0.25, -0.2) is 4.98 Å². The number of ether oxygens (including phenoxy) is 1. The Kier molecular flexibility index (Phi) is 5.86. The Labute approximate surface area is 176 Å². The molecule has 156 valence electrons. The van der Waals surface area contributed by atoms with E-state index in [1.54, 1.807) is 19.2 Å². The predicted molar refractivity (Wildman–Crippen MR) is 114 cm³/mol. The molecule has 0 radical (unpaired) electrons. The number of phenols is 1. The number of likely N-dealkylation sites (tertiary alicyclic amines) is 1. The van der Waals surface area contributed by atoms with E-state index in [0.717, 1.165) is 24.2 Å². The molecule has 1 aromatic heterocycles. The minimum Gasteiger partial charge on any atom is -0.508 e. The lowest BCUT2D eigenvalue weighted by Gasteiger charge is -2.42. The number of carbonyl (C=O) groups excluding carboxylic acids is 1. The summed E-state index contributed by atoms with van der Waals surface area (Å²) in [7, 11) is 1.55. The molecular formula is C24H27N3O3. The van der Waals surface area contributed by atoms with Crippen molar-refractivity contribution in [2.45, 2.75) is 24.8 Å². The molecule has 1 aliphatic rings. The van der Waals surface area contributed by atoms with Crippen LogP contribution < -0.4 is 0 Å². The maximum Gasteiger partial charge on any atom is 0.248 e. The van der Waals surface area contributed by atoms with Crippen molar-refractivity contribution < 1.29 is 14.6 Å². The molecule has 0 spiro atoms. The highest BCUT2D eigenvalue weighted by atomic mass is 16.5. The fourth-order valence-electron chi connectivity index (χ4n) is 4.40. The van der Waals surface area contributed by atoms with Crippen molar-refractivity contribution in [2.24, 2.45) is 0 Å². The molecule has 6 nitrogen and oxygen atoms in total. The molecule has 0 saturated carbocycles. The molecule has 1 amide bonds. The van der Waals surface area contributed by atoms with Crippen LogP contribution in [-0.2, 0) is 21.5 Å². The van der Waals surface area contributed by atoms with E-state index in [2.05, 4.69) is 28.8 Å². The molecule has 3 aromatic rings. The van der Waals surface area contributed by atoms with Gasteiger partial charge >= 0.3 is 0 Å². The summed E-state index contributed by atoms with van der Waals surface area (Å²) in [6.45, 7) is 2.14. The van der Waals surface area contributed by atoms with E-state index in [1.165, 1.54) is 5.56 Å². The number of hydrogen-bond acceptors (Lipinski definition) is 4. The highest BCUT2D eigenvalue weighted by molar-refractivity contribution is 5.77. The van der Waals surface area contributed by atoms with Gasteiger partial charge in [0.1, 0.15) is 18.2 Å². The molecule has 4 rings (SSSR count). The standard InChI is InChI=1S/C24H27N3O3/c1-30-18-22(29)26-14-11-24(12-15-26,20-5-3-2-4-6-20)23-25-13-16-27(23)17-19-7-9-21(28)10-8-19/h2-10,13,16,28H,11-12,14-15,17-18H2,1H3. The van der Waals surface area contributed by atoms with Gasteiger partial charge in [0.2, 0.25) is 5.91 Å². The van der Waals surface area contributed by atoms with Crippen LogP contribution in [0.1, 0.15) is 29.8 Å². The summed E-state index contributed by atoms with van der Waals surface area (Å²) in [5.74, 6) is 1.31. The summed E-state index contributed by atoms with van der Waals surface area (Å²) in [6, 6.07) is 17.7. The summed E-state index contributed by atoms with van der Waals surface area (Å²) < 4.78 is 7.22. The third-order valence-corrected chi connectivity index (χ3v) is 6.00. The van der Waals surface area contributed by atoms with Crippen LogP contribution in [0.25, 0.3) is 0 Å². The van der Waals surface area contributed by atoms with E-state index in [4.69, 9.17) is 9.72 Å². The molecule has 0 aliphatic carbocycles. The molecule has 30 heavy (non-hydrogen) atoms. The lowest BCUT2D eigenvalue weighted by atomic mass is 9.72. The van der Waals surface area contributed by atoms with Gasteiger partial charge in [0.15, 0.2) is 0 Å². The minimum absolute atomic E-state index is 0.0339. The fourth-order valence-corrected chi connectivity index (χ4v) is 4.40. The first-order chi connectivity index (χ1) is 14.6. The Morgan fingerprint density at radius 2 is 1.80 bits per heavy atom. The van der Waals surface area contributed by atoms with Crippen LogP contribution in [-0.4, -0.2) is 52.3 Å². The van der Waals surface area contributed by atoms with Gasteiger partial charge in [-0.3, -0.25) is 4.79 Å². The van der Waals surface area contributed by atoms with Gasteiger partial charge in [0, 0.05) is 39.1 Å². The summed E-state index contributed by atoms with van der Waals surface area (Å²) in [4.78, 5) is 19.0. The monoisotopic (exact) mass is 405 g/mol. The second kappa shape index (κ2) is 8.71. The van der Waals surface area contributed by atoms with Crippen molar-refractivity contribution >= 4 is 5.91 Å². The fraction of sp³-hybridized carbons (Fsp3) is 0.333. The molecular weight excluding hydrogens is 378 g/mol. The molecule has 1 N–H and O–H groups in total. The average Bonchev–Trinajstić information content (AvgIpc) is 3.25. The highest BCUT2D eigenvalue weighted by Gasteiger charge is 2.42. The van der Waals surface area contributed by atoms with E-state index < -0.39 is 0 Å². The normalized spacial score (nSPS) is 15.8. The molecule has 1 aliphatic heterocycles. The quantitative estimate of drug-likeness (QED) is 0.684. The number of imidazole rings is 1. The first-order valence-electron chi connectivity index (χ1n) is 10.2. The van der Waals surface area contributed by atoms with E-state index in [1.807, 2.05) is 35.5 Å². The van der Waals surface area contributed by atoms with Crippen molar-refractivity contribution in [3.8, 4) is 5.75 Å². The van der Waals surface area contributed by atoms with E-state index in [-0.39, 0.29) is 23.7 Å². The smallest absolute Gasteiger partial charge is 0.248 e. The van der Waals surface area contributed by atoms with Crippen molar-refractivity contribution in [3.63, 3.8) is 0 Å². The van der Waals surface area contributed by atoms with Crippen molar-refractivity contribution in [1.29, 1.82) is 0 Å². The number of amides is 1. The van der Waals surface area contributed by atoms with Crippen molar-refractivity contribution in [3.05, 3.63) is 83.9 Å². The molecule has 2 aromatic carbocycles. The summed E-state index contributed by atoms with van der Waals surface area (Å²) in [6.07, 6.45) is 5.47. The van der Waals surface area contributed by atoms with Gasteiger partial charge in [0.05, 0.1) is 5.41 Å². The van der Waals surface area contributed by atoms with Gasteiger partial charge < -0.3 is 19.3 Å². The Morgan fingerprint density at radius 3 is 2.47 bits per heavy atom. The number of aromatic nitrogens is 2. The van der Waals surface area contributed by atoms with E-state index >= 15 is 0 Å².